The monoisotopic (exact) mass is 314 g/mol. The highest BCUT2D eigenvalue weighted by Gasteiger charge is 2.13. The fraction of sp³-hybridized carbons (Fsp3) is 0.0526. The van der Waals surface area contributed by atoms with Gasteiger partial charge >= 0.3 is 0 Å². The molecule has 0 amide bonds. The summed E-state index contributed by atoms with van der Waals surface area (Å²) in [7, 11) is 0. The van der Waals surface area contributed by atoms with Gasteiger partial charge in [0.2, 0.25) is 5.89 Å². The van der Waals surface area contributed by atoms with Crippen LogP contribution in [0, 0.1) is 6.92 Å². The SMILES string of the molecule is Cc1ccccc1-c1cncc(-c2nnc(-c3ccccc3)o2)n1. The van der Waals surface area contributed by atoms with E-state index >= 15 is 0 Å². The van der Waals surface area contributed by atoms with Crippen molar-refractivity contribution in [3.63, 3.8) is 0 Å². The predicted octanol–water partition coefficient (Wildman–Crippen LogP) is 4.17. The van der Waals surface area contributed by atoms with Crippen LogP contribution in [-0.2, 0) is 0 Å². The largest absolute Gasteiger partial charge is 0.415 e. The molecule has 0 fully saturated rings. The highest BCUT2D eigenvalue weighted by molar-refractivity contribution is 5.64. The van der Waals surface area contributed by atoms with Crippen LogP contribution in [0.25, 0.3) is 34.3 Å². The molecule has 0 saturated carbocycles. The number of aryl methyl sites for hydroxylation is 1. The van der Waals surface area contributed by atoms with Crippen molar-refractivity contribution in [1.82, 2.24) is 20.2 Å². The van der Waals surface area contributed by atoms with Crippen molar-refractivity contribution >= 4 is 0 Å². The Morgan fingerprint density at radius 2 is 1.46 bits per heavy atom. The van der Waals surface area contributed by atoms with Crippen LogP contribution in [0.4, 0.5) is 0 Å². The maximum atomic E-state index is 5.75. The van der Waals surface area contributed by atoms with Gasteiger partial charge in [-0.05, 0) is 24.6 Å². The zero-order chi connectivity index (χ0) is 16.4. The first-order valence-corrected chi connectivity index (χ1v) is 7.58. The van der Waals surface area contributed by atoms with Crippen LogP contribution in [0.1, 0.15) is 5.56 Å². The molecule has 4 aromatic rings. The van der Waals surface area contributed by atoms with Crippen molar-refractivity contribution in [2.45, 2.75) is 6.92 Å². The van der Waals surface area contributed by atoms with E-state index < -0.39 is 0 Å². The number of rotatable bonds is 3. The molecule has 0 aliphatic carbocycles. The molecule has 116 valence electrons. The average molecular weight is 314 g/mol. The average Bonchev–Trinajstić information content (AvgIpc) is 3.13. The van der Waals surface area contributed by atoms with E-state index in [1.54, 1.807) is 12.4 Å². The second-order valence-electron chi connectivity index (χ2n) is 5.38. The highest BCUT2D eigenvalue weighted by Crippen LogP contribution is 2.25. The molecular formula is C19H14N4O. The first-order chi connectivity index (χ1) is 11.8. The summed E-state index contributed by atoms with van der Waals surface area (Å²) in [5.41, 5.74) is 4.39. The molecule has 2 aromatic carbocycles. The Hall–Kier alpha value is -3.34. The maximum Gasteiger partial charge on any atom is 0.268 e. The molecule has 0 N–H and O–H groups in total. The lowest BCUT2D eigenvalue weighted by atomic mass is 10.1. The van der Waals surface area contributed by atoms with Crippen molar-refractivity contribution in [2.24, 2.45) is 0 Å². The Kier molecular flexibility index (Phi) is 3.59. The smallest absolute Gasteiger partial charge is 0.268 e. The number of benzene rings is 2. The second-order valence-corrected chi connectivity index (χ2v) is 5.38. The molecule has 0 atom stereocenters. The van der Waals surface area contributed by atoms with Gasteiger partial charge in [0.25, 0.3) is 5.89 Å². The molecule has 0 spiro atoms. The third kappa shape index (κ3) is 2.67. The van der Waals surface area contributed by atoms with Gasteiger partial charge < -0.3 is 4.42 Å². The van der Waals surface area contributed by atoms with Gasteiger partial charge in [-0.3, -0.25) is 4.98 Å². The van der Waals surface area contributed by atoms with Crippen molar-refractivity contribution in [3.05, 3.63) is 72.6 Å². The van der Waals surface area contributed by atoms with Gasteiger partial charge in [0.1, 0.15) is 5.69 Å². The fourth-order valence-electron chi connectivity index (χ4n) is 2.48. The van der Waals surface area contributed by atoms with Gasteiger partial charge in [-0.2, -0.15) is 0 Å². The summed E-state index contributed by atoms with van der Waals surface area (Å²) in [5.74, 6) is 0.825. The Morgan fingerprint density at radius 1 is 0.750 bits per heavy atom. The van der Waals surface area contributed by atoms with E-state index in [0.29, 0.717) is 17.5 Å². The molecule has 0 aliphatic heterocycles. The summed E-state index contributed by atoms with van der Waals surface area (Å²) in [6, 6.07) is 17.7. The maximum absolute atomic E-state index is 5.75. The minimum Gasteiger partial charge on any atom is -0.415 e. The quantitative estimate of drug-likeness (QED) is 0.568. The molecule has 2 aromatic heterocycles. The van der Waals surface area contributed by atoms with E-state index in [0.717, 1.165) is 22.4 Å². The lowest BCUT2D eigenvalue weighted by Gasteiger charge is -2.04. The molecule has 5 heteroatoms. The van der Waals surface area contributed by atoms with E-state index in [1.165, 1.54) is 0 Å². The van der Waals surface area contributed by atoms with Crippen molar-refractivity contribution in [3.8, 4) is 34.3 Å². The normalized spacial score (nSPS) is 10.7. The van der Waals surface area contributed by atoms with Crippen LogP contribution in [-0.4, -0.2) is 20.2 Å². The summed E-state index contributed by atoms with van der Waals surface area (Å²) >= 11 is 0. The summed E-state index contributed by atoms with van der Waals surface area (Å²) in [6.45, 7) is 2.05. The third-order valence-electron chi connectivity index (χ3n) is 3.72. The van der Waals surface area contributed by atoms with Crippen LogP contribution in [0.3, 0.4) is 0 Å². The molecular weight excluding hydrogens is 300 g/mol. The van der Waals surface area contributed by atoms with Crippen LogP contribution in [0.2, 0.25) is 0 Å². The van der Waals surface area contributed by atoms with Gasteiger partial charge in [0.05, 0.1) is 18.1 Å². The van der Waals surface area contributed by atoms with Crippen molar-refractivity contribution in [2.75, 3.05) is 0 Å². The van der Waals surface area contributed by atoms with Crippen LogP contribution in [0.5, 0.6) is 0 Å². The van der Waals surface area contributed by atoms with Gasteiger partial charge in [-0.25, -0.2) is 4.98 Å². The van der Waals surface area contributed by atoms with Crippen molar-refractivity contribution in [1.29, 1.82) is 0 Å². The van der Waals surface area contributed by atoms with Gasteiger partial charge in [-0.15, -0.1) is 10.2 Å². The zero-order valence-corrected chi connectivity index (χ0v) is 13.0. The first-order valence-electron chi connectivity index (χ1n) is 7.58. The summed E-state index contributed by atoms with van der Waals surface area (Å²) in [6.07, 6.45) is 3.37. The van der Waals surface area contributed by atoms with E-state index in [1.807, 2.05) is 61.5 Å². The Labute approximate surface area is 139 Å². The molecule has 2 heterocycles. The van der Waals surface area contributed by atoms with Crippen LogP contribution in [0.15, 0.2) is 71.4 Å². The minimum atomic E-state index is 0.358. The molecule has 24 heavy (non-hydrogen) atoms. The van der Waals surface area contributed by atoms with Gasteiger partial charge in [0, 0.05) is 11.1 Å². The lowest BCUT2D eigenvalue weighted by Crippen LogP contribution is -1.92. The molecule has 0 saturated heterocycles. The number of aromatic nitrogens is 4. The van der Waals surface area contributed by atoms with E-state index in [4.69, 9.17) is 4.42 Å². The molecule has 0 bridgehead atoms. The van der Waals surface area contributed by atoms with Crippen molar-refractivity contribution < 1.29 is 4.42 Å². The highest BCUT2D eigenvalue weighted by atomic mass is 16.4. The second kappa shape index (κ2) is 6.04. The lowest BCUT2D eigenvalue weighted by molar-refractivity contribution is 0.582. The Bertz CT molecular complexity index is 979. The zero-order valence-electron chi connectivity index (χ0n) is 13.0. The van der Waals surface area contributed by atoms with Crippen LogP contribution < -0.4 is 0 Å². The third-order valence-corrected chi connectivity index (χ3v) is 3.72. The fourth-order valence-corrected chi connectivity index (χ4v) is 2.48. The number of nitrogens with zero attached hydrogens (tertiary/aromatic N) is 4. The van der Waals surface area contributed by atoms with Gasteiger partial charge in [-0.1, -0.05) is 42.5 Å². The topological polar surface area (TPSA) is 64.7 Å². The first kappa shape index (κ1) is 14.3. The standard InChI is InChI=1S/C19H14N4O/c1-13-7-5-6-10-15(13)16-11-20-12-17(21-16)19-23-22-18(24-19)14-8-3-2-4-9-14/h2-12H,1H3. The molecule has 0 aliphatic rings. The van der Waals surface area contributed by atoms with Crippen LogP contribution >= 0.6 is 0 Å². The number of hydrogen-bond donors (Lipinski definition) is 0. The Morgan fingerprint density at radius 3 is 2.29 bits per heavy atom. The summed E-state index contributed by atoms with van der Waals surface area (Å²) in [4.78, 5) is 8.89. The summed E-state index contributed by atoms with van der Waals surface area (Å²) in [5, 5.41) is 8.20. The van der Waals surface area contributed by atoms with Gasteiger partial charge in [0.15, 0.2) is 0 Å². The molecule has 0 radical (unpaired) electrons. The minimum absolute atomic E-state index is 0.358. The number of hydrogen-bond acceptors (Lipinski definition) is 5. The van der Waals surface area contributed by atoms with E-state index in [-0.39, 0.29) is 0 Å². The van der Waals surface area contributed by atoms with E-state index in [2.05, 4.69) is 20.2 Å². The predicted molar refractivity (Wildman–Crippen MR) is 90.9 cm³/mol. The Balaban J connectivity index is 1.72. The van der Waals surface area contributed by atoms with E-state index in [9.17, 15) is 0 Å². The molecule has 5 nitrogen and oxygen atoms in total. The summed E-state index contributed by atoms with van der Waals surface area (Å²) < 4.78 is 5.75. The molecule has 0 unspecified atom stereocenters. The molecule has 4 rings (SSSR count).